The highest BCUT2D eigenvalue weighted by atomic mass is 16.6. The van der Waals surface area contributed by atoms with E-state index in [1.165, 1.54) is 11.8 Å². The molecule has 5 heteroatoms. The quantitative estimate of drug-likeness (QED) is 0.779. The lowest BCUT2D eigenvalue weighted by molar-refractivity contribution is -0.132. The number of fused-ring (bicyclic) bond motifs is 1. The normalized spacial score (nSPS) is 13.3. The van der Waals surface area contributed by atoms with Crippen LogP contribution >= 0.6 is 0 Å². The Labute approximate surface area is 160 Å². The van der Waals surface area contributed by atoms with Crippen molar-refractivity contribution in [3.8, 4) is 0 Å². The molecule has 0 aliphatic carbocycles. The summed E-state index contributed by atoms with van der Waals surface area (Å²) in [5.74, 6) is -1.00. The predicted octanol–water partition coefficient (Wildman–Crippen LogP) is 4.65. The molecular weight excluding hydrogens is 342 g/mol. The molecule has 1 amide bonds. The molecule has 144 valence electrons. The van der Waals surface area contributed by atoms with E-state index in [1.54, 1.807) is 33.9 Å². The summed E-state index contributed by atoms with van der Waals surface area (Å²) in [7, 11) is 1.63. The first-order chi connectivity index (χ1) is 12.6. The van der Waals surface area contributed by atoms with E-state index < -0.39 is 23.7 Å². The molecule has 0 saturated carbocycles. The van der Waals surface area contributed by atoms with Gasteiger partial charge in [0.1, 0.15) is 5.60 Å². The minimum Gasteiger partial charge on any atom is -0.478 e. The second-order valence-electron chi connectivity index (χ2n) is 7.70. The molecule has 0 aliphatic heterocycles. The molecule has 0 radical (unpaired) electrons. The van der Waals surface area contributed by atoms with Gasteiger partial charge in [0.15, 0.2) is 0 Å². The summed E-state index contributed by atoms with van der Waals surface area (Å²) in [6, 6.07) is 13.7. The van der Waals surface area contributed by atoms with Crippen LogP contribution < -0.4 is 0 Å². The first-order valence-corrected chi connectivity index (χ1v) is 8.92. The van der Waals surface area contributed by atoms with Crippen molar-refractivity contribution in [2.24, 2.45) is 0 Å². The van der Waals surface area contributed by atoms with E-state index in [0.717, 1.165) is 16.3 Å². The van der Waals surface area contributed by atoms with Crippen molar-refractivity contribution < 1.29 is 19.4 Å². The number of carbonyl (C=O) groups is 2. The number of hydrogen-bond donors (Lipinski definition) is 1. The zero-order valence-corrected chi connectivity index (χ0v) is 16.5. The van der Waals surface area contributed by atoms with Gasteiger partial charge >= 0.3 is 12.1 Å². The summed E-state index contributed by atoms with van der Waals surface area (Å²) >= 11 is 0. The number of nitrogens with zero attached hydrogens (tertiary/aromatic N) is 1. The first-order valence-electron chi connectivity index (χ1n) is 8.92. The Hall–Kier alpha value is -2.82. The Balaban J connectivity index is 2.32. The number of carboxylic acids is 1. The smallest absolute Gasteiger partial charge is 0.410 e. The van der Waals surface area contributed by atoms with Gasteiger partial charge in [0.2, 0.25) is 0 Å². The van der Waals surface area contributed by atoms with Crippen LogP contribution in [0, 0.1) is 0 Å². The van der Waals surface area contributed by atoms with Gasteiger partial charge in [-0.05, 0) is 50.5 Å². The van der Waals surface area contributed by atoms with E-state index in [2.05, 4.69) is 6.07 Å². The van der Waals surface area contributed by atoms with Crippen molar-refractivity contribution in [3.05, 3.63) is 59.7 Å². The van der Waals surface area contributed by atoms with Crippen LogP contribution in [0.5, 0.6) is 0 Å². The molecule has 0 saturated heterocycles. The lowest BCUT2D eigenvalue weighted by atomic mass is 9.99. The molecule has 0 aliphatic rings. The molecule has 27 heavy (non-hydrogen) atoms. The van der Waals surface area contributed by atoms with Gasteiger partial charge in [-0.15, -0.1) is 0 Å². The van der Waals surface area contributed by atoms with Crippen molar-refractivity contribution in [1.82, 2.24) is 4.90 Å². The monoisotopic (exact) mass is 369 g/mol. The fourth-order valence-corrected chi connectivity index (χ4v) is 2.74. The molecule has 0 aromatic heterocycles. The van der Waals surface area contributed by atoms with Gasteiger partial charge in [-0.25, -0.2) is 9.59 Å². The predicted molar refractivity (Wildman–Crippen MR) is 107 cm³/mol. The molecule has 1 N–H and O–H groups in total. The average Bonchev–Trinajstić information content (AvgIpc) is 2.58. The van der Waals surface area contributed by atoms with Crippen LogP contribution in [-0.2, 0) is 16.0 Å². The minimum atomic E-state index is -1.00. The molecule has 5 nitrogen and oxygen atoms in total. The highest BCUT2D eigenvalue weighted by Gasteiger charge is 2.25. The summed E-state index contributed by atoms with van der Waals surface area (Å²) in [6.45, 7) is 6.93. The van der Waals surface area contributed by atoms with Crippen molar-refractivity contribution in [1.29, 1.82) is 0 Å². The second kappa shape index (κ2) is 8.25. The van der Waals surface area contributed by atoms with E-state index in [1.807, 2.05) is 36.4 Å². The maximum Gasteiger partial charge on any atom is 0.410 e. The van der Waals surface area contributed by atoms with E-state index >= 15 is 0 Å². The van der Waals surface area contributed by atoms with Crippen LogP contribution in [0.25, 0.3) is 10.8 Å². The Morgan fingerprint density at radius 2 is 1.78 bits per heavy atom. The van der Waals surface area contributed by atoms with Crippen LogP contribution in [0.15, 0.2) is 54.1 Å². The van der Waals surface area contributed by atoms with Crippen LogP contribution in [0.3, 0.4) is 0 Å². The third kappa shape index (κ3) is 5.84. The Bertz CT molecular complexity index is 864. The second-order valence-corrected chi connectivity index (χ2v) is 7.70. The summed E-state index contributed by atoms with van der Waals surface area (Å²) in [4.78, 5) is 25.2. The largest absolute Gasteiger partial charge is 0.478 e. The van der Waals surface area contributed by atoms with E-state index in [4.69, 9.17) is 4.74 Å². The number of ether oxygens (including phenoxy) is 1. The Morgan fingerprint density at radius 1 is 1.15 bits per heavy atom. The number of benzene rings is 2. The summed E-state index contributed by atoms with van der Waals surface area (Å²) in [5.41, 5.74) is 0.587. The Morgan fingerprint density at radius 3 is 2.37 bits per heavy atom. The van der Waals surface area contributed by atoms with Gasteiger partial charge in [-0.2, -0.15) is 0 Å². The SMILES string of the molecule is CC(=C[C@@H](Cc1ccc2ccccc2c1)N(C)C(=O)OC(C)(C)C)C(=O)O. The first kappa shape index (κ1) is 20.5. The summed E-state index contributed by atoms with van der Waals surface area (Å²) < 4.78 is 5.44. The fourth-order valence-electron chi connectivity index (χ4n) is 2.74. The van der Waals surface area contributed by atoms with Crippen LogP contribution in [0.1, 0.15) is 33.3 Å². The molecule has 2 rings (SSSR count). The summed E-state index contributed by atoms with van der Waals surface area (Å²) in [5, 5.41) is 11.5. The third-order valence-corrected chi connectivity index (χ3v) is 4.22. The van der Waals surface area contributed by atoms with Gasteiger partial charge in [-0.1, -0.05) is 48.5 Å². The van der Waals surface area contributed by atoms with E-state index in [9.17, 15) is 14.7 Å². The van der Waals surface area contributed by atoms with E-state index in [-0.39, 0.29) is 5.57 Å². The zero-order chi connectivity index (χ0) is 20.2. The van der Waals surface area contributed by atoms with Gasteiger partial charge in [0, 0.05) is 12.6 Å². The lowest BCUT2D eigenvalue weighted by Crippen LogP contribution is -2.41. The molecule has 0 fully saturated rings. The molecule has 0 bridgehead atoms. The minimum absolute atomic E-state index is 0.191. The molecule has 0 heterocycles. The molecular formula is C22H27NO4. The number of rotatable bonds is 5. The molecule has 2 aromatic rings. The summed E-state index contributed by atoms with van der Waals surface area (Å²) in [6.07, 6.45) is 1.61. The van der Waals surface area contributed by atoms with E-state index in [0.29, 0.717) is 6.42 Å². The van der Waals surface area contributed by atoms with Crippen molar-refractivity contribution in [3.63, 3.8) is 0 Å². The highest BCUT2D eigenvalue weighted by Crippen LogP contribution is 2.20. The number of amides is 1. The number of carbonyl (C=O) groups excluding carboxylic acids is 1. The van der Waals surface area contributed by atoms with Crippen molar-refractivity contribution >= 4 is 22.8 Å². The zero-order valence-electron chi connectivity index (χ0n) is 16.5. The van der Waals surface area contributed by atoms with Crippen molar-refractivity contribution in [2.75, 3.05) is 7.05 Å². The van der Waals surface area contributed by atoms with Gasteiger partial charge in [0.25, 0.3) is 0 Å². The maximum atomic E-state index is 12.5. The number of hydrogen-bond acceptors (Lipinski definition) is 3. The molecule has 1 atom stereocenters. The maximum absolute atomic E-state index is 12.5. The third-order valence-electron chi connectivity index (χ3n) is 4.22. The van der Waals surface area contributed by atoms with Gasteiger partial charge in [-0.3, -0.25) is 0 Å². The Kier molecular flexibility index (Phi) is 6.26. The molecule has 2 aromatic carbocycles. The number of aliphatic carboxylic acids is 1. The highest BCUT2D eigenvalue weighted by molar-refractivity contribution is 5.86. The molecule has 0 spiro atoms. The van der Waals surface area contributed by atoms with Crippen LogP contribution in [-0.4, -0.2) is 40.8 Å². The topological polar surface area (TPSA) is 66.8 Å². The fraction of sp³-hybridized carbons (Fsp3) is 0.364. The number of likely N-dealkylation sites (N-methyl/N-ethyl adjacent to an activating group) is 1. The van der Waals surface area contributed by atoms with Gasteiger partial charge < -0.3 is 14.7 Å². The molecule has 0 unspecified atom stereocenters. The standard InChI is InChI=1S/C22H27NO4/c1-15(20(24)25)12-19(23(5)21(26)27-22(2,3)4)14-16-10-11-17-8-6-7-9-18(17)13-16/h6-13,19H,14H2,1-5H3,(H,24,25)/t19-/m0/s1. The number of carboxylic acid groups (broad SMARTS) is 1. The average molecular weight is 369 g/mol. The lowest BCUT2D eigenvalue weighted by Gasteiger charge is -2.29. The van der Waals surface area contributed by atoms with Crippen LogP contribution in [0.4, 0.5) is 4.79 Å². The van der Waals surface area contributed by atoms with Gasteiger partial charge in [0.05, 0.1) is 6.04 Å². The van der Waals surface area contributed by atoms with Crippen molar-refractivity contribution in [2.45, 2.75) is 45.8 Å². The van der Waals surface area contributed by atoms with Crippen LogP contribution in [0.2, 0.25) is 0 Å².